The Kier molecular flexibility index (Phi) is 5.16. The molecule has 102 valence electrons. The van der Waals surface area contributed by atoms with E-state index in [-0.39, 0.29) is 0 Å². The molecule has 0 aliphatic carbocycles. The first kappa shape index (κ1) is 14.6. The van der Waals surface area contributed by atoms with Crippen molar-refractivity contribution in [1.29, 1.82) is 5.26 Å². The van der Waals surface area contributed by atoms with Gasteiger partial charge in [0.1, 0.15) is 6.07 Å². The third-order valence-electron chi connectivity index (χ3n) is 2.92. The highest BCUT2D eigenvalue weighted by molar-refractivity contribution is 9.10. The average molecular weight is 331 g/mol. The molecule has 0 aliphatic rings. The lowest BCUT2D eigenvalue weighted by molar-refractivity contribution is 0.185. The van der Waals surface area contributed by atoms with E-state index in [1.54, 1.807) is 7.11 Å². The van der Waals surface area contributed by atoms with Gasteiger partial charge in [0.05, 0.1) is 17.9 Å². The molecule has 0 aromatic heterocycles. The van der Waals surface area contributed by atoms with Crippen molar-refractivity contribution in [3.63, 3.8) is 0 Å². The van der Waals surface area contributed by atoms with Gasteiger partial charge in [-0.05, 0) is 29.3 Å². The van der Waals surface area contributed by atoms with Crippen molar-refractivity contribution < 1.29 is 4.74 Å². The van der Waals surface area contributed by atoms with E-state index < -0.39 is 0 Å². The van der Waals surface area contributed by atoms with Gasteiger partial charge in [0.25, 0.3) is 0 Å². The summed E-state index contributed by atoms with van der Waals surface area (Å²) in [5.74, 6) is 0. The minimum atomic E-state index is 0.624. The van der Waals surface area contributed by atoms with Crippen molar-refractivity contribution in [3.8, 4) is 6.07 Å². The fourth-order valence-corrected chi connectivity index (χ4v) is 2.24. The van der Waals surface area contributed by atoms with Gasteiger partial charge in [0.2, 0.25) is 0 Å². The number of hydrogen-bond acceptors (Lipinski definition) is 3. The zero-order chi connectivity index (χ0) is 14.4. The molecule has 0 aliphatic heterocycles. The van der Waals surface area contributed by atoms with Crippen molar-refractivity contribution in [3.05, 3.63) is 63.6 Å². The fraction of sp³-hybridized carbons (Fsp3) is 0.188. The number of benzene rings is 2. The van der Waals surface area contributed by atoms with Crippen LogP contribution in [0.1, 0.15) is 16.7 Å². The van der Waals surface area contributed by atoms with E-state index >= 15 is 0 Å². The van der Waals surface area contributed by atoms with Crippen LogP contribution >= 0.6 is 15.9 Å². The van der Waals surface area contributed by atoms with Gasteiger partial charge >= 0.3 is 0 Å². The summed E-state index contributed by atoms with van der Waals surface area (Å²) in [5.41, 5.74) is 3.79. The number of nitrogens with zero attached hydrogens (tertiary/aromatic N) is 1. The van der Waals surface area contributed by atoms with E-state index in [2.05, 4.69) is 39.4 Å². The third kappa shape index (κ3) is 3.83. The zero-order valence-corrected chi connectivity index (χ0v) is 12.8. The van der Waals surface area contributed by atoms with E-state index in [4.69, 9.17) is 10.00 Å². The predicted octanol–water partition coefficient (Wildman–Crippen LogP) is 4.08. The normalized spacial score (nSPS) is 10.1. The number of anilines is 1. The largest absolute Gasteiger partial charge is 0.380 e. The summed E-state index contributed by atoms with van der Waals surface area (Å²) in [5, 5.41) is 12.4. The minimum Gasteiger partial charge on any atom is -0.380 e. The summed E-state index contributed by atoms with van der Waals surface area (Å²) in [4.78, 5) is 0. The topological polar surface area (TPSA) is 45.0 Å². The van der Waals surface area contributed by atoms with Crippen LogP contribution in [-0.2, 0) is 17.9 Å². The molecule has 0 amide bonds. The Morgan fingerprint density at radius 1 is 1.15 bits per heavy atom. The number of ether oxygens (including phenoxy) is 1. The number of methoxy groups -OCH3 is 1. The second-order valence-electron chi connectivity index (χ2n) is 4.40. The molecular formula is C16H15BrN2O. The SMILES string of the molecule is COCc1ccc(CNc2ccc(Br)cc2C#N)cc1. The van der Waals surface area contributed by atoms with Crippen molar-refractivity contribution in [2.24, 2.45) is 0 Å². The molecule has 0 saturated heterocycles. The molecule has 0 unspecified atom stereocenters. The summed E-state index contributed by atoms with van der Waals surface area (Å²) in [7, 11) is 1.69. The molecule has 0 fully saturated rings. The molecule has 20 heavy (non-hydrogen) atoms. The summed E-state index contributed by atoms with van der Waals surface area (Å²) >= 11 is 3.37. The Morgan fingerprint density at radius 3 is 2.50 bits per heavy atom. The van der Waals surface area contributed by atoms with Crippen molar-refractivity contribution in [2.75, 3.05) is 12.4 Å². The van der Waals surface area contributed by atoms with E-state index in [9.17, 15) is 0 Å². The van der Waals surface area contributed by atoms with Gasteiger partial charge in [0.15, 0.2) is 0 Å². The highest BCUT2D eigenvalue weighted by atomic mass is 79.9. The molecule has 1 N–H and O–H groups in total. The van der Waals surface area contributed by atoms with E-state index in [1.807, 2.05) is 30.3 Å². The lowest BCUT2D eigenvalue weighted by Crippen LogP contribution is -2.01. The Bertz CT molecular complexity index is 617. The van der Waals surface area contributed by atoms with Crippen LogP contribution in [-0.4, -0.2) is 7.11 Å². The Morgan fingerprint density at radius 2 is 1.85 bits per heavy atom. The molecule has 0 bridgehead atoms. The molecule has 3 nitrogen and oxygen atoms in total. The summed E-state index contributed by atoms with van der Waals surface area (Å²) < 4.78 is 5.99. The number of halogens is 1. The highest BCUT2D eigenvalue weighted by Crippen LogP contribution is 2.21. The van der Waals surface area contributed by atoms with Gasteiger partial charge in [-0.3, -0.25) is 0 Å². The van der Waals surface area contributed by atoms with E-state index in [0.29, 0.717) is 18.7 Å². The number of hydrogen-bond donors (Lipinski definition) is 1. The predicted molar refractivity (Wildman–Crippen MR) is 83.3 cm³/mol. The maximum atomic E-state index is 9.11. The van der Waals surface area contributed by atoms with Gasteiger partial charge in [-0.15, -0.1) is 0 Å². The van der Waals surface area contributed by atoms with Gasteiger partial charge in [0, 0.05) is 18.1 Å². The molecule has 2 aromatic carbocycles. The quantitative estimate of drug-likeness (QED) is 0.898. The van der Waals surface area contributed by atoms with Gasteiger partial charge in [-0.2, -0.15) is 5.26 Å². The second kappa shape index (κ2) is 7.09. The lowest BCUT2D eigenvalue weighted by atomic mass is 10.1. The zero-order valence-electron chi connectivity index (χ0n) is 11.2. The maximum absolute atomic E-state index is 9.11. The molecule has 0 spiro atoms. The van der Waals surface area contributed by atoms with E-state index in [1.165, 1.54) is 0 Å². The maximum Gasteiger partial charge on any atom is 0.101 e. The van der Waals surface area contributed by atoms with Crippen LogP contribution in [0.4, 0.5) is 5.69 Å². The molecule has 0 heterocycles. The number of nitrogens with one attached hydrogen (secondary N) is 1. The fourth-order valence-electron chi connectivity index (χ4n) is 1.88. The van der Waals surface area contributed by atoms with Crippen molar-refractivity contribution in [1.82, 2.24) is 0 Å². The Labute approximate surface area is 127 Å². The summed E-state index contributed by atoms with van der Waals surface area (Å²) in [6.45, 7) is 1.31. The van der Waals surface area contributed by atoms with Gasteiger partial charge < -0.3 is 10.1 Å². The van der Waals surface area contributed by atoms with E-state index in [0.717, 1.165) is 21.3 Å². The molecule has 4 heteroatoms. The summed E-state index contributed by atoms with van der Waals surface area (Å²) in [6, 6.07) is 16.0. The molecule has 0 saturated carbocycles. The highest BCUT2D eigenvalue weighted by Gasteiger charge is 2.02. The van der Waals surface area contributed by atoms with Crippen molar-refractivity contribution >= 4 is 21.6 Å². The molecule has 2 aromatic rings. The first-order valence-corrected chi connectivity index (χ1v) is 7.02. The van der Waals surface area contributed by atoms with Gasteiger partial charge in [-0.1, -0.05) is 40.2 Å². The Balaban J connectivity index is 2.03. The smallest absolute Gasteiger partial charge is 0.101 e. The monoisotopic (exact) mass is 330 g/mol. The minimum absolute atomic E-state index is 0.624. The van der Waals surface area contributed by atoms with Crippen LogP contribution in [0, 0.1) is 11.3 Å². The molecular weight excluding hydrogens is 316 g/mol. The standard InChI is InChI=1S/C16H15BrN2O/c1-20-11-13-4-2-12(3-5-13)10-19-16-7-6-15(17)8-14(16)9-18/h2-8,19H,10-11H2,1H3. The number of nitriles is 1. The van der Waals surface area contributed by atoms with Crippen LogP contribution < -0.4 is 5.32 Å². The first-order valence-electron chi connectivity index (χ1n) is 6.23. The Hall–Kier alpha value is -1.83. The molecule has 2 rings (SSSR count). The number of rotatable bonds is 5. The van der Waals surface area contributed by atoms with Gasteiger partial charge in [-0.25, -0.2) is 0 Å². The third-order valence-corrected chi connectivity index (χ3v) is 3.41. The van der Waals surface area contributed by atoms with Crippen LogP contribution in [0.5, 0.6) is 0 Å². The van der Waals surface area contributed by atoms with Crippen LogP contribution in [0.2, 0.25) is 0 Å². The molecule has 0 atom stereocenters. The lowest BCUT2D eigenvalue weighted by Gasteiger charge is -2.09. The van der Waals surface area contributed by atoms with Crippen LogP contribution in [0.3, 0.4) is 0 Å². The summed E-state index contributed by atoms with van der Waals surface area (Å²) in [6.07, 6.45) is 0. The second-order valence-corrected chi connectivity index (χ2v) is 5.32. The average Bonchev–Trinajstić information content (AvgIpc) is 2.47. The van der Waals surface area contributed by atoms with Crippen molar-refractivity contribution in [2.45, 2.75) is 13.2 Å². The van der Waals surface area contributed by atoms with Crippen LogP contribution in [0.15, 0.2) is 46.9 Å². The first-order chi connectivity index (χ1) is 9.72. The van der Waals surface area contributed by atoms with Crippen LogP contribution in [0.25, 0.3) is 0 Å². The molecule has 0 radical (unpaired) electrons.